The van der Waals surface area contributed by atoms with Crippen molar-refractivity contribution in [1.82, 2.24) is 4.90 Å². The third-order valence-corrected chi connectivity index (χ3v) is 3.87. The molecule has 0 saturated carbocycles. The van der Waals surface area contributed by atoms with Crippen LogP contribution < -0.4 is 5.73 Å². The van der Waals surface area contributed by atoms with E-state index in [4.69, 9.17) is 15.2 Å². The van der Waals surface area contributed by atoms with Gasteiger partial charge in [0.15, 0.2) is 0 Å². The zero-order chi connectivity index (χ0) is 12.2. The van der Waals surface area contributed by atoms with Gasteiger partial charge in [-0.2, -0.15) is 0 Å². The van der Waals surface area contributed by atoms with Gasteiger partial charge in [-0.3, -0.25) is 4.90 Å². The Hall–Kier alpha value is -0.160. The van der Waals surface area contributed by atoms with Crippen LogP contribution in [0.25, 0.3) is 0 Å². The first-order chi connectivity index (χ1) is 7.62. The smallest absolute Gasteiger partial charge is 0.0743 e. The monoisotopic (exact) mass is 230 g/mol. The molecule has 2 N–H and O–H groups in total. The number of nitrogens with zero attached hydrogens (tertiary/aromatic N) is 1. The van der Waals surface area contributed by atoms with E-state index in [2.05, 4.69) is 25.7 Å². The van der Waals surface area contributed by atoms with Gasteiger partial charge in [-0.15, -0.1) is 0 Å². The van der Waals surface area contributed by atoms with Gasteiger partial charge in [-0.25, -0.2) is 0 Å². The maximum atomic E-state index is 6.01. The number of rotatable bonds is 6. The molecule has 0 bridgehead atoms. The molecular weight excluding hydrogens is 204 g/mol. The normalized spacial score (nSPS) is 32.2. The van der Waals surface area contributed by atoms with E-state index in [-0.39, 0.29) is 11.6 Å². The third kappa shape index (κ3) is 2.40. The molecule has 0 aromatic carbocycles. The van der Waals surface area contributed by atoms with Crippen LogP contribution in [0.15, 0.2) is 0 Å². The summed E-state index contributed by atoms with van der Waals surface area (Å²) in [7, 11) is 1.74. The minimum absolute atomic E-state index is 0.00725. The van der Waals surface area contributed by atoms with Crippen molar-refractivity contribution in [1.29, 1.82) is 0 Å². The van der Waals surface area contributed by atoms with Crippen LogP contribution in [0.1, 0.15) is 27.2 Å². The van der Waals surface area contributed by atoms with E-state index in [1.807, 2.05) is 0 Å². The Morgan fingerprint density at radius 3 is 2.69 bits per heavy atom. The number of hydrogen-bond donors (Lipinski definition) is 1. The molecule has 0 aromatic heterocycles. The Kier molecular flexibility index (Phi) is 5.18. The van der Waals surface area contributed by atoms with Crippen LogP contribution >= 0.6 is 0 Å². The molecule has 96 valence electrons. The Morgan fingerprint density at radius 2 is 2.31 bits per heavy atom. The summed E-state index contributed by atoms with van der Waals surface area (Å²) in [5, 5.41) is 0. The van der Waals surface area contributed by atoms with Crippen molar-refractivity contribution in [3.63, 3.8) is 0 Å². The molecule has 1 rings (SSSR count). The fraction of sp³-hybridized carbons (Fsp3) is 1.00. The van der Waals surface area contributed by atoms with Crippen LogP contribution in [0, 0.1) is 0 Å². The van der Waals surface area contributed by atoms with Crippen LogP contribution in [0.5, 0.6) is 0 Å². The minimum atomic E-state index is -0.00725. The maximum absolute atomic E-state index is 6.01. The number of nitrogens with two attached hydrogens (primary N) is 1. The molecule has 0 radical (unpaired) electrons. The summed E-state index contributed by atoms with van der Waals surface area (Å²) in [6, 6.07) is 0.377. The van der Waals surface area contributed by atoms with Gasteiger partial charge >= 0.3 is 0 Å². The second kappa shape index (κ2) is 5.96. The lowest BCUT2D eigenvalue weighted by atomic mass is 9.88. The minimum Gasteiger partial charge on any atom is -0.383 e. The van der Waals surface area contributed by atoms with Crippen molar-refractivity contribution in [2.45, 2.75) is 44.9 Å². The van der Waals surface area contributed by atoms with E-state index in [9.17, 15) is 0 Å². The van der Waals surface area contributed by atoms with Crippen molar-refractivity contribution < 1.29 is 9.47 Å². The zero-order valence-electron chi connectivity index (χ0n) is 11.0. The third-order valence-electron chi connectivity index (χ3n) is 3.87. The van der Waals surface area contributed by atoms with Gasteiger partial charge in [0, 0.05) is 26.3 Å². The van der Waals surface area contributed by atoms with Crippen LogP contribution in [-0.4, -0.2) is 56.0 Å². The lowest BCUT2D eigenvalue weighted by Gasteiger charge is -2.45. The van der Waals surface area contributed by atoms with E-state index in [0.717, 1.165) is 26.2 Å². The van der Waals surface area contributed by atoms with E-state index in [1.165, 1.54) is 0 Å². The lowest BCUT2D eigenvalue weighted by molar-refractivity contribution is -0.0220. The summed E-state index contributed by atoms with van der Waals surface area (Å²) >= 11 is 0. The predicted octanol–water partition coefficient (Wildman–Crippen LogP) is 0.850. The molecule has 0 aliphatic carbocycles. The van der Waals surface area contributed by atoms with Crippen LogP contribution in [0.3, 0.4) is 0 Å². The van der Waals surface area contributed by atoms with E-state index in [1.54, 1.807) is 7.11 Å². The van der Waals surface area contributed by atoms with Crippen LogP contribution in [0.2, 0.25) is 0 Å². The van der Waals surface area contributed by atoms with Gasteiger partial charge in [-0.1, -0.05) is 6.92 Å². The lowest BCUT2D eigenvalue weighted by Crippen LogP contribution is -2.61. The Balaban J connectivity index is 2.82. The first kappa shape index (κ1) is 13.9. The second-order valence-corrected chi connectivity index (χ2v) is 4.66. The van der Waals surface area contributed by atoms with Crippen LogP contribution in [-0.2, 0) is 9.47 Å². The molecule has 3 atom stereocenters. The van der Waals surface area contributed by atoms with E-state index >= 15 is 0 Å². The molecule has 1 saturated heterocycles. The standard InChI is InChI=1S/C12H26N2O2/c1-5-14(10(2)8-15-4)12(9-13)6-7-16-11(12)3/h10-11H,5-9,13H2,1-4H3. The number of ether oxygens (including phenoxy) is 2. The highest BCUT2D eigenvalue weighted by molar-refractivity contribution is 5.01. The molecule has 0 aromatic rings. The van der Waals surface area contributed by atoms with Gasteiger partial charge in [0.05, 0.1) is 18.2 Å². The van der Waals surface area contributed by atoms with E-state index < -0.39 is 0 Å². The van der Waals surface area contributed by atoms with Crippen molar-refractivity contribution in [2.24, 2.45) is 5.73 Å². The fourth-order valence-electron chi connectivity index (χ4n) is 2.93. The number of hydrogen-bond acceptors (Lipinski definition) is 4. The second-order valence-electron chi connectivity index (χ2n) is 4.66. The number of methoxy groups -OCH3 is 1. The highest BCUT2D eigenvalue weighted by Gasteiger charge is 2.46. The van der Waals surface area contributed by atoms with Gasteiger partial charge in [0.1, 0.15) is 0 Å². The van der Waals surface area contributed by atoms with Crippen molar-refractivity contribution in [2.75, 3.05) is 33.4 Å². The summed E-state index contributed by atoms with van der Waals surface area (Å²) in [5.41, 5.74) is 6.00. The molecule has 1 heterocycles. The molecule has 1 aliphatic heterocycles. The molecule has 0 amide bonds. The van der Waals surface area contributed by atoms with E-state index in [0.29, 0.717) is 12.6 Å². The maximum Gasteiger partial charge on any atom is 0.0743 e. The molecule has 0 spiro atoms. The van der Waals surface area contributed by atoms with Crippen molar-refractivity contribution in [3.05, 3.63) is 0 Å². The molecule has 4 nitrogen and oxygen atoms in total. The summed E-state index contributed by atoms with van der Waals surface area (Å²) in [5.74, 6) is 0. The highest BCUT2D eigenvalue weighted by atomic mass is 16.5. The first-order valence-electron chi connectivity index (χ1n) is 6.19. The Morgan fingerprint density at radius 1 is 1.62 bits per heavy atom. The Labute approximate surface area is 99.1 Å². The largest absolute Gasteiger partial charge is 0.383 e. The average molecular weight is 230 g/mol. The summed E-state index contributed by atoms with van der Waals surface area (Å²) in [6.07, 6.45) is 1.23. The fourth-order valence-corrected chi connectivity index (χ4v) is 2.93. The molecule has 1 fully saturated rings. The van der Waals surface area contributed by atoms with Crippen molar-refractivity contribution in [3.8, 4) is 0 Å². The summed E-state index contributed by atoms with van der Waals surface area (Å²) < 4.78 is 11.0. The molecule has 3 unspecified atom stereocenters. The predicted molar refractivity (Wildman–Crippen MR) is 65.5 cm³/mol. The molecule has 4 heteroatoms. The van der Waals surface area contributed by atoms with Crippen molar-refractivity contribution >= 4 is 0 Å². The zero-order valence-corrected chi connectivity index (χ0v) is 11.0. The van der Waals surface area contributed by atoms with Crippen LogP contribution in [0.4, 0.5) is 0 Å². The van der Waals surface area contributed by atoms with Gasteiger partial charge in [0.25, 0.3) is 0 Å². The molecule has 16 heavy (non-hydrogen) atoms. The number of likely N-dealkylation sites (N-methyl/N-ethyl adjacent to an activating group) is 1. The Bertz CT molecular complexity index is 213. The summed E-state index contributed by atoms with van der Waals surface area (Å²) in [4.78, 5) is 2.44. The highest BCUT2D eigenvalue weighted by Crippen LogP contribution is 2.32. The molecule has 1 aliphatic rings. The summed E-state index contributed by atoms with van der Waals surface area (Å²) in [6.45, 7) is 9.68. The molecular formula is C12H26N2O2. The average Bonchev–Trinajstić information content (AvgIpc) is 2.63. The first-order valence-corrected chi connectivity index (χ1v) is 6.19. The topological polar surface area (TPSA) is 47.7 Å². The van der Waals surface area contributed by atoms with Gasteiger partial charge in [-0.05, 0) is 26.8 Å². The SMILES string of the molecule is CCN(C(C)COC)C1(CN)CCOC1C. The van der Waals surface area contributed by atoms with Gasteiger partial charge < -0.3 is 15.2 Å². The quantitative estimate of drug-likeness (QED) is 0.735. The van der Waals surface area contributed by atoms with Gasteiger partial charge in [0.2, 0.25) is 0 Å².